The first-order valence-corrected chi connectivity index (χ1v) is 7.34. The summed E-state index contributed by atoms with van der Waals surface area (Å²) >= 11 is 0. The Balaban J connectivity index is 2.41. The number of nitrogens with one attached hydrogen (secondary N) is 1. The minimum atomic E-state index is 0.691. The van der Waals surface area contributed by atoms with Crippen molar-refractivity contribution in [1.29, 1.82) is 0 Å². The standard InChI is InChI=1S/C15H31N/c1-6-14(7-2)13(5)16-15-9-8-11(3)10-12(15)4/h11-16H,6-10H2,1-5H3. The Morgan fingerprint density at radius 3 is 2.25 bits per heavy atom. The molecular weight excluding hydrogens is 194 g/mol. The van der Waals surface area contributed by atoms with Gasteiger partial charge in [0.25, 0.3) is 0 Å². The average Bonchev–Trinajstić information content (AvgIpc) is 2.24. The molecule has 0 amide bonds. The maximum Gasteiger partial charge on any atom is 0.00954 e. The largest absolute Gasteiger partial charge is 0.311 e. The van der Waals surface area contributed by atoms with Crippen LogP contribution in [0, 0.1) is 17.8 Å². The summed E-state index contributed by atoms with van der Waals surface area (Å²) in [7, 11) is 0. The lowest BCUT2D eigenvalue weighted by Crippen LogP contribution is -2.46. The van der Waals surface area contributed by atoms with Gasteiger partial charge in [-0.1, -0.05) is 40.5 Å². The molecule has 0 aromatic heterocycles. The highest BCUT2D eigenvalue weighted by atomic mass is 15.0. The normalized spacial score (nSPS) is 33.0. The second kappa shape index (κ2) is 6.64. The van der Waals surface area contributed by atoms with E-state index in [1.165, 1.54) is 32.1 Å². The van der Waals surface area contributed by atoms with Crippen LogP contribution in [0.15, 0.2) is 0 Å². The van der Waals surface area contributed by atoms with Crippen LogP contribution in [-0.4, -0.2) is 12.1 Å². The molecule has 0 saturated heterocycles. The molecule has 1 nitrogen and oxygen atoms in total. The highest BCUT2D eigenvalue weighted by Crippen LogP contribution is 2.29. The Morgan fingerprint density at radius 2 is 1.75 bits per heavy atom. The van der Waals surface area contributed by atoms with Gasteiger partial charge in [-0.05, 0) is 43.9 Å². The first-order chi connectivity index (χ1) is 7.58. The number of hydrogen-bond acceptors (Lipinski definition) is 1. The molecule has 16 heavy (non-hydrogen) atoms. The summed E-state index contributed by atoms with van der Waals surface area (Å²) in [4.78, 5) is 0. The van der Waals surface area contributed by atoms with Crippen LogP contribution in [0.1, 0.15) is 66.7 Å². The summed E-state index contributed by atoms with van der Waals surface area (Å²) in [5.41, 5.74) is 0. The predicted molar refractivity (Wildman–Crippen MR) is 72.6 cm³/mol. The second-order valence-corrected chi connectivity index (χ2v) is 6.03. The molecule has 4 unspecified atom stereocenters. The smallest absolute Gasteiger partial charge is 0.00954 e. The van der Waals surface area contributed by atoms with E-state index in [9.17, 15) is 0 Å². The van der Waals surface area contributed by atoms with E-state index < -0.39 is 0 Å². The molecule has 1 fully saturated rings. The molecule has 0 heterocycles. The van der Waals surface area contributed by atoms with Gasteiger partial charge in [0.05, 0.1) is 0 Å². The van der Waals surface area contributed by atoms with Crippen molar-refractivity contribution in [2.45, 2.75) is 78.8 Å². The van der Waals surface area contributed by atoms with Gasteiger partial charge >= 0.3 is 0 Å². The molecular formula is C15H31N. The molecule has 1 aliphatic carbocycles. The summed E-state index contributed by atoms with van der Waals surface area (Å²) in [6.07, 6.45) is 6.82. The van der Waals surface area contributed by atoms with Gasteiger partial charge in [-0.15, -0.1) is 0 Å². The minimum absolute atomic E-state index is 0.691. The lowest BCUT2D eigenvalue weighted by atomic mass is 9.79. The van der Waals surface area contributed by atoms with Crippen molar-refractivity contribution in [2.24, 2.45) is 17.8 Å². The van der Waals surface area contributed by atoms with Gasteiger partial charge in [-0.3, -0.25) is 0 Å². The van der Waals surface area contributed by atoms with Crippen LogP contribution in [0.2, 0.25) is 0 Å². The third-order valence-corrected chi connectivity index (χ3v) is 4.66. The highest BCUT2D eigenvalue weighted by Gasteiger charge is 2.27. The first-order valence-electron chi connectivity index (χ1n) is 7.34. The lowest BCUT2D eigenvalue weighted by Gasteiger charge is -2.37. The van der Waals surface area contributed by atoms with Crippen molar-refractivity contribution in [3.63, 3.8) is 0 Å². The molecule has 0 aromatic rings. The highest BCUT2D eigenvalue weighted by molar-refractivity contribution is 4.84. The van der Waals surface area contributed by atoms with E-state index in [2.05, 4.69) is 39.9 Å². The van der Waals surface area contributed by atoms with E-state index in [1.54, 1.807) is 0 Å². The van der Waals surface area contributed by atoms with Crippen molar-refractivity contribution >= 4 is 0 Å². The average molecular weight is 225 g/mol. The van der Waals surface area contributed by atoms with Crippen LogP contribution < -0.4 is 5.32 Å². The van der Waals surface area contributed by atoms with Crippen molar-refractivity contribution in [3.8, 4) is 0 Å². The molecule has 0 bridgehead atoms. The van der Waals surface area contributed by atoms with Gasteiger partial charge in [-0.2, -0.15) is 0 Å². The fourth-order valence-corrected chi connectivity index (χ4v) is 3.38. The van der Waals surface area contributed by atoms with Crippen molar-refractivity contribution in [1.82, 2.24) is 5.32 Å². The molecule has 1 N–H and O–H groups in total. The SMILES string of the molecule is CCC(CC)C(C)NC1CCC(C)CC1C. The Hall–Kier alpha value is -0.0400. The Kier molecular flexibility index (Phi) is 5.82. The van der Waals surface area contributed by atoms with Crippen LogP contribution in [0.5, 0.6) is 0 Å². The minimum Gasteiger partial charge on any atom is -0.311 e. The molecule has 0 radical (unpaired) electrons. The quantitative estimate of drug-likeness (QED) is 0.738. The van der Waals surface area contributed by atoms with Gasteiger partial charge in [0.2, 0.25) is 0 Å². The predicted octanol–water partition coefficient (Wildman–Crippen LogP) is 4.23. The molecule has 4 atom stereocenters. The van der Waals surface area contributed by atoms with Gasteiger partial charge in [0.15, 0.2) is 0 Å². The van der Waals surface area contributed by atoms with Crippen molar-refractivity contribution in [2.75, 3.05) is 0 Å². The Morgan fingerprint density at radius 1 is 1.12 bits per heavy atom. The zero-order valence-electron chi connectivity index (χ0n) is 11.9. The topological polar surface area (TPSA) is 12.0 Å². The van der Waals surface area contributed by atoms with Gasteiger partial charge in [-0.25, -0.2) is 0 Å². The summed E-state index contributed by atoms with van der Waals surface area (Å²) in [5.74, 6) is 2.66. The van der Waals surface area contributed by atoms with Crippen LogP contribution in [0.25, 0.3) is 0 Å². The molecule has 1 saturated carbocycles. The van der Waals surface area contributed by atoms with E-state index in [4.69, 9.17) is 0 Å². The number of rotatable bonds is 5. The van der Waals surface area contributed by atoms with Gasteiger partial charge in [0.1, 0.15) is 0 Å². The van der Waals surface area contributed by atoms with Gasteiger partial charge in [0, 0.05) is 12.1 Å². The number of hydrogen-bond donors (Lipinski definition) is 1. The van der Waals surface area contributed by atoms with Crippen LogP contribution in [0.4, 0.5) is 0 Å². The van der Waals surface area contributed by atoms with E-state index in [0.717, 1.165) is 23.8 Å². The molecule has 0 aromatic carbocycles. The third-order valence-electron chi connectivity index (χ3n) is 4.66. The van der Waals surface area contributed by atoms with Crippen LogP contribution >= 0.6 is 0 Å². The fraction of sp³-hybridized carbons (Fsp3) is 1.00. The molecule has 1 heteroatoms. The Labute approximate surface area is 102 Å². The Bertz CT molecular complexity index is 186. The van der Waals surface area contributed by atoms with Gasteiger partial charge < -0.3 is 5.32 Å². The summed E-state index contributed by atoms with van der Waals surface area (Å²) in [6.45, 7) is 11.8. The summed E-state index contributed by atoms with van der Waals surface area (Å²) < 4.78 is 0. The monoisotopic (exact) mass is 225 g/mol. The van der Waals surface area contributed by atoms with Crippen molar-refractivity contribution in [3.05, 3.63) is 0 Å². The van der Waals surface area contributed by atoms with Crippen LogP contribution in [-0.2, 0) is 0 Å². The lowest BCUT2D eigenvalue weighted by molar-refractivity contribution is 0.196. The van der Waals surface area contributed by atoms with E-state index >= 15 is 0 Å². The van der Waals surface area contributed by atoms with Crippen molar-refractivity contribution < 1.29 is 0 Å². The molecule has 0 aliphatic heterocycles. The van der Waals surface area contributed by atoms with Crippen LogP contribution in [0.3, 0.4) is 0 Å². The van der Waals surface area contributed by atoms with E-state index in [-0.39, 0.29) is 0 Å². The third kappa shape index (κ3) is 3.76. The first kappa shape index (κ1) is 14.0. The molecule has 1 aliphatic rings. The summed E-state index contributed by atoms with van der Waals surface area (Å²) in [6, 6.07) is 1.46. The maximum atomic E-state index is 3.89. The molecule has 96 valence electrons. The second-order valence-electron chi connectivity index (χ2n) is 6.03. The van der Waals surface area contributed by atoms with E-state index in [0.29, 0.717) is 6.04 Å². The summed E-state index contributed by atoms with van der Waals surface area (Å²) in [5, 5.41) is 3.89. The van der Waals surface area contributed by atoms with E-state index in [1.807, 2.05) is 0 Å². The zero-order valence-corrected chi connectivity index (χ0v) is 11.9. The maximum absolute atomic E-state index is 3.89. The molecule has 1 rings (SSSR count). The zero-order chi connectivity index (χ0) is 12.1. The molecule has 0 spiro atoms. The fourth-order valence-electron chi connectivity index (χ4n) is 3.38.